The maximum atomic E-state index is 13.0. The van der Waals surface area contributed by atoms with Crippen LogP contribution in [0.25, 0.3) is 0 Å². The standard InChI is InChI=1S/C21H22N2O3/c1-12-8-9-16(13(2)10-12)22-19(24)18-15-11-21(3,23-20(18)25)26-17-7-5-4-6-14(15)17/h4-10,15,18H,11H2,1-3H3,(H,22,24)(H,23,25)/t15-,18-,21+/m1/s1. The Balaban J connectivity index is 1.68. The van der Waals surface area contributed by atoms with E-state index in [2.05, 4.69) is 10.6 Å². The van der Waals surface area contributed by atoms with Crippen molar-refractivity contribution in [1.82, 2.24) is 5.32 Å². The molecule has 2 amide bonds. The van der Waals surface area contributed by atoms with Crippen LogP contribution in [0.4, 0.5) is 5.69 Å². The molecule has 3 atom stereocenters. The number of fused-ring (bicyclic) bond motifs is 4. The Morgan fingerprint density at radius 1 is 1.23 bits per heavy atom. The highest BCUT2D eigenvalue weighted by Gasteiger charge is 2.51. The Hall–Kier alpha value is -2.82. The van der Waals surface area contributed by atoms with Crippen LogP contribution in [0.1, 0.15) is 36.0 Å². The maximum absolute atomic E-state index is 13.0. The van der Waals surface area contributed by atoms with Gasteiger partial charge in [-0.1, -0.05) is 35.9 Å². The number of carbonyl (C=O) groups is 2. The molecule has 5 heteroatoms. The Bertz CT molecular complexity index is 908. The molecular weight excluding hydrogens is 328 g/mol. The van der Waals surface area contributed by atoms with Crippen LogP contribution < -0.4 is 15.4 Å². The largest absolute Gasteiger partial charge is 0.468 e. The Morgan fingerprint density at radius 2 is 2.00 bits per heavy atom. The van der Waals surface area contributed by atoms with E-state index in [1.165, 1.54) is 0 Å². The van der Waals surface area contributed by atoms with Crippen molar-refractivity contribution in [2.45, 2.75) is 38.8 Å². The van der Waals surface area contributed by atoms with Gasteiger partial charge in [-0.2, -0.15) is 0 Å². The predicted octanol–water partition coefficient (Wildman–Crippen LogP) is 3.27. The molecule has 0 unspecified atom stereocenters. The van der Waals surface area contributed by atoms with Crippen molar-refractivity contribution in [3.8, 4) is 5.75 Å². The van der Waals surface area contributed by atoms with Gasteiger partial charge in [0, 0.05) is 18.0 Å². The first-order valence-electron chi connectivity index (χ1n) is 8.84. The zero-order valence-electron chi connectivity index (χ0n) is 15.1. The molecular formula is C21H22N2O3. The third-order valence-corrected chi connectivity index (χ3v) is 5.26. The summed E-state index contributed by atoms with van der Waals surface area (Å²) < 4.78 is 5.98. The number of anilines is 1. The van der Waals surface area contributed by atoms with Gasteiger partial charge in [0.05, 0.1) is 0 Å². The fraction of sp³-hybridized carbons (Fsp3) is 0.333. The summed E-state index contributed by atoms with van der Waals surface area (Å²) in [6.45, 7) is 5.81. The lowest BCUT2D eigenvalue weighted by Crippen LogP contribution is -2.62. The topological polar surface area (TPSA) is 67.4 Å². The van der Waals surface area contributed by atoms with Gasteiger partial charge in [-0.25, -0.2) is 0 Å². The smallest absolute Gasteiger partial charge is 0.237 e. The molecule has 5 nitrogen and oxygen atoms in total. The molecule has 2 aliphatic heterocycles. The third-order valence-electron chi connectivity index (χ3n) is 5.26. The number of aryl methyl sites for hydroxylation is 2. The minimum Gasteiger partial charge on any atom is -0.468 e. The maximum Gasteiger partial charge on any atom is 0.237 e. The molecule has 2 aromatic carbocycles. The number of hydrogen-bond donors (Lipinski definition) is 2. The number of benzene rings is 2. The molecule has 2 aromatic rings. The zero-order chi connectivity index (χ0) is 18.5. The van der Waals surface area contributed by atoms with E-state index in [1.807, 2.05) is 63.2 Å². The number of nitrogens with one attached hydrogen (secondary N) is 2. The summed E-state index contributed by atoms with van der Waals surface area (Å²) in [5.41, 5.74) is 2.99. The second-order valence-electron chi connectivity index (χ2n) is 7.46. The highest BCUT2D eigenvalue weighted by molar-refractivity contribution is 6.08. The summed E-state index contributed by atoms with van der Waals surface area (Å²) >= 11 is 0. The fourth-order valence-electron chi connectivity index (χ4n) is 4.05. The molecule has 26 heavy (non-hydrogen) atoms. The van der Waals surface area contributed by atoms with Gasteiger partial charge in [0.15, 0.2) is 5.72 Å². The van der Waals surface area contributed by atoms with Crippen LogP contribution >= 0.6 is 0 Å². The molecule has 134 valence electrons. The molecule has 1 fully saturated rings. The Labute approximate surface area is 152 Å². The summed E-state index contributed by atoms with van der Waals surface area (Å²) in [4.78, 5) is 25.8. The molecule has 2 aliphatic rings. The lowest BCUT2D eigenvalue weighted by molar-refractivity contribution is -0.145. The first-order valence-corrected chi connectivity index (χ1v) is 8.84. The van der Waals surface area contributed by atoms with Crippen molar-refractivity contribution in [2.75, 3.05) is 5.32 Å². The van der Waals surface area contributed by atoms with Crippen LogP contribution in [0.2, 0.25) is 0 Å². The van der Waals surface area contributed by atoms with E-state index < -0.39 is 11.6 Å². The average molecular weight is 350 g/mol. The number of carbonyl (C=O) groups excluding carboxylic acids is 2. The van der Waals surface area contributed by atoms with Gasteiger partial charge in [-0.05, 0) is 44.0 Å². The van der Waals surface area contributed by atoms with Crippen molar-refractivity contribution in [1.29, 1.82) is 0 Å². The van der Waals surface area contributed by atoms with Crippen molar-refractivity contribution in [3.05, 3.63) is 59.2 Å². The number of para-hydroxylation sites is 1. The fourth-order valence-corrected chi connectivity index (χ4v) is 4.05. The average Bonchev–Trinajstić information content (AvgIpc) is 2.56. The van der Waals surface area contributed by atoms with Gasteiger partial charge in [0.25, 0.3) is 0 Å². The van der Waals surface area contributed by atoms with Crippen molar-refractivity contribution in [3.63, 3.8) is 0 Å². The van der Waals surface area contributed by atoms with Gasteiger partial charge < -0.3 is 15.4 Å². The van der Waals surface area contributed by atoms with Crippen LogP contribution in [0.15, 0.2) is 42.5 Å². The van der Waals surface area contributed by atoms with Crippen LogP contribution in [-0.2, 0) is 9.59 Å². The number of piperidine rings is 1. The second-order valence-corrected chi connectivity index (χ2v) is 7.46. The number of rotatable bonds is 2. The Morgan fingerprint density at radius 3 is 2.77 bits per heavy atom. The van der Waals surface area contributed by atoms with Crippen LogP contribution in [0.3, 0.4) is 0 Å². The highest BCUT2D eigenvalue weighted by Crippen LogP contribution is 2.46. The summed E-state index contributed by atoms with van der Waals surface area (Å²) in [6, 6.07) is 13.5. The van der Waals surface area contributed by atoms with E-state index in [4.69, 9.17) is 4.74 Å². The Kier molecular flexibility index (Phi) is 3.75. The molecule has 2 heterocycles. The number of hydrogen-bond acceptors (Lipinski definition) is 3. The predicted molar refractivity (Wildman–Crippen MR) is 99.0 cm³/mol. The molecule has 1 saturated heterocycles. The molecule has 2 N–H and O–H groups in total. The van der Waals surface area contributed by atoms with Gasteiger partial charge >= 0.3 is 0 Å². The van der Waals surface area contributed by atoms with Gasteiger partial charge in [0.1, 0.15) is 11.7 Å². The van der Waals surface area contributed by atoms with E-state index in [1.54, 1.807) is 0 Å². The van der Waals surface area contributed by atoms with Crippen LogP contribution in [0.5, 0.6) is 5.75 Å². The highest BCUT2D eigenvalue weighted by atomic mass is 16.5. The minimum absolute atomic E-state index is 0.204. The molecule has 0 saturated carbocycles. The SMILES string of the molecule is Cc1ccc(NC(=O)[C@@H]2C(=O)N[C@]3(C)C[C@@H]2c2ccccc2O3)c(C)c1. The first-order chi connectivity index (χ1) is 12.4. The van der Waals surface area contributed by atoms with Crippen molar-refractivity contribution < 1.29 is 14.3 Å². The van der Waals surface area contributed by atoms with E-state index in [0.29, 0.717) is 6.42 Å². The van der Waals surface area contributed by atoms with Gasteiger partial charge in [0.2, 0.25) is 11.8 Å². The summed E-state index contributed by atoms with van der Waals surface area (Å²) in [5, 5.41) is 5.83. The third kappa shape index (κ3) is 2.73. The van der Waals surface area contributed by atoms with E-state index in [0.717, 1.165) is 28.1 Å². The normalized spacial score (nSPS) is 26.3. The van der Waals surface area contributed by atoms with E-state index in [-0.39, 0.29) is 17.7 Å². The lowest BCUT2D eigenvalue weighted by atomic mass is 9.74. The first kappa shape index (κ1) is 16.6. The molecule has 2 bridgehead atoms. The molecule has 0 aliphatic carbocycles. The summed E-state index contributed by atoms with van der Waals surface area (Å²) in [7, 11) is 0. The van der Waals surface area contributed by atoms with Crippen LogP contribution in [0, 0.1) is 19.8 Å². The summed E-state index contributed by atoms with van der Waals surface area (Å²) in [5.74, 6) is -0.826. The quantitative estimate of drug-likeness (QED) is 0.817. The lowest BCUT2D eigenvalue weighted by Gasteiger charge is -2.46. The van der Waals surface area contributed by atoms with E-state index in [9.17, 15) is 9.59 Å². The van der Waals surface area contributed by atoms with E-state index >= 15 is 0 Å². The van der Waals surface area contributed by atoms with Crippen LogP contribution in [-0.4, -0.2) is 17.5 Å². The monoisotopic (exact) mass is 350 g/mol. The van der Waals surface area contributed by atoms with Gasteiger partial charge in [-0.15, -0.1) is 0 Å². The molecule has 4 rings (SSSR count). The molecule has 0 aromatic heterocycles. The minimum atomic E-state index is -0.783. The van der Waals surface area contributed by atoms with Gasteiger partial charge in [-0.3, -0.25) is 9.59 Å². The van der Waals surface area contributed by atoms with Crippen molar-refractivity contribution >= 4 is 17.5 Å². The molecule has 0 spiro atoms. The number of ether oxygens (including phenoxy) is 1. The van der Waals surface area contributed by atoms with Crippen molar-refractivity contribution in [2.24, 2.45) is 5.92 Å². The summed E-state index contributed by atoms with van der Waals surface area (Å²) in [6.07, 6.45) is 0.570. The zero-order valence-corrected chi connectivity index (χ0v) is 15.1. The molecule has 0 radical (unpaired) electrons. The number of amides is 2. The second kappa shape index (κ2) is 5.87.